The number of benzene rings is 2. The van der Waals surface area contributed by atoms with Gasteiger partial charge in [-0.1, -0.05) is 53.7 Å². The summed E-state index contributed by atoms with van der Waals surface area (Å²) >= 11 is 12.8. The fourth-order valence-corrected chi connectivity index (χ4v) is 3.50. The zero-order valence-corrected chi connectivity index (χ0v) is 20.8. The summed E-state index contributed by atoms with van der Waals surface area (Å²) in [5.74, 6) is 0.255. The van der Waals surface area contributed by atoms with Gasteiger partial charge in [0.05, 0.1) is 18.0 Å². The summed E-state index contributed by atoms with van der Waals surface area (Å²) in [6.07, 6.45) is 6.30. The second kappa shape index (κ2) is 14.8. The minimum absolute atomic E-state index is 0.354. The van der Waals surface area contributed by atoms with Crippen molar-refractivity contribution in [3.63, 3.8) is 0 Å². The van der Waals surface area contributed by atoms with Crippen LogP contribution in [0, 0.1) is 5.82 Å². The summed E-state index contributed by atoms with van der Waals surface area (Å²) in [5, 5.41) is 8.99. The van der Waals surface area contributed by atoms with E-state index in [0.717, 1.165) is 45.1 Å². The van der Waals surface area contributed by atoms with Gasteiger partial charge in [-0.05, 0) is 55.4 Å². The average molecular weight is 542 g/mol. The SMILES string of the molecule is O=C(N=S)Nc1ccccc1OCCCCCCCCNC(=S)Nc1ccc(Br)cc1F. The highest BCUT2D eigenvalue weighted by molar-refractivity contribution is 9.10. The first-order chi connectivity index (χ1) is 15.5. The summed E-state index contributed by atoms with van der Waals surface area (Å²) < 4.78 is 23.4. The largest absolute Gasteiger partial charge is 0.491 e. The quantitative estimate of drug-likeness (QED) is 0.209. The van der Waals surface area contributed by atoms with Gasteiger partial charge in [-0.15, -0.1) is 4.36 Å². The molecule has 0 aliphatic carbocycles. The molecule has 172 valence electrons. The molecule has 0 radical (unpaired) electrons. The van der Waals surface area contributed by atoms with Crippen LogP contribution in [0.1, 0.15) is 38.5 Å². The lowest BCUT2D eigenvalue weighted by molar-refractivity contribution is 0.259. The molecule has 0 aliphatic rings. The summed E-state index contributed by atoms with van der Waals surface area (Å²) in [4.78, 5) is 11.3. The molecule has 0 unspecified atom stereocenters. The number of nitrogens with one attached hydrogen (secondary N) is 3. The van der Waals surface area contributed by atoms with E-state index in [4.69, 9.17) is 17.0 Å². The monoisotopic (exact) mass is 540 g/mol. The molecule has 2 aromatic rings. The summed E-state index contributed by atoms with van der Waals surface area (Å²) in [7, 11) is 0. The predicted octanol–water partition coefficient (Wildman–Crippen LogP) is 6.56. The molecule has 0 aromatic heterocycles. The molecular formula is C22H26BrFN4O2S2. The highest BCUT2D eigenvalue weighted by atomic mass is 79.9. The Hall–Kier alpha value is -2.17. The van der Waals surface area contributed by atoms with Crippen molar-refractivity contribution in [3.05, 3.63) is 52.8 Å². The van der Waals surface area contributed by atoms with E-state index >= 15 is 0 Å². The van der Waals surface area contributed by atoms with Gasteiger partial charge in [-0.3, -0.25) is 0 Å². The Morgan fingerprint density at radius 3 is 2.47 bits per heavy atom. The first-order valence-electron chi connectivity index (χ1n) is 10.4. The molecule has 2 amide bonds. The van der Waals surface area contributed by atoms with E-state index in [0.29, 0.717) is 33.3 Å². The molecule has 0 heterocycles. The van der Waals surface area contributed by atoms with Gasteiger partial charge in [0.25, 0.3) is 0 Å². The number of halogens is 2. The number of amides is 2. The molecule has 0 saturated carbocycles. The number of thiocarbonyl (C=S) groups is 1. The number of anilines is 2. The van der Waals surface area contributed by atoms with Crippen molar-refractivity contribution in [1.29, 1.82) is 0 Å². The van der Waals surface area contributed by atoms with Crippen LogP contribution >= 0.6 is 28.1 Å². The molecule has 32 heavy (non-hydrogen) atoms. The first-order valence-corrected chi connectivity index (χ1v) is 11.9. The fourth-order valence-electron chi connectivity index (χ4n) is 2.91. The van der Waals surface area contributed by atoms with E-state index in [-0.39, 0.29) is 5.82 Å². The molecule has 0 fully saturated rings. The Bertz CT molecular complexity index is 917. The van der Waals surface area contributed by atoms with E-state index in [1.165, 1.54) is 6.07 Å². The van der Waals surface area contributed by atoms with Crippen LogP contribution in [0.15, 0.2) is 51.3 Å². The van der Waals surface area contributed by atoms with Gasteiger partial charge in [0.1, 0.15) is 11.6 Å². The topological polar surface area (TPSA) is 74.8 Å². The van der Waals surface area contributed by atoms with Gasteiger partial charge >= 0.3 is 6.03 Å². The third kappa shape index (κ3) is 9.97. The number of nitrogens with zero attached hydrogens (tertiary/aromatic N) is 1. The van der Waals surface area contributed by atoms with Crippen LogP contribution in [0.3, 0.4) is 0 Å². The lowest BCUT2D eigenvalue weighted by atomic mass is 10.1. The van der Waals surface area contributed by atoms with Crippen LogP contribution in [0.5, 0.6) is 5.75 Å². The van der Waals surface area contributed by atoms with Gasteiger partial charge in [0.15, 0.2) is 5.11 Å². The Morgan fingerprint density at radius 1 is 1.00 bits per heavy atom. The number of unbranched alkanes of at least 4 members (excludes halogenated alkanes) is 5. The van der Waals surface area contributed by atoms with Gasteiger partial charge in [0, 0.05) is 23.4 Å². The molecular weight excluding hydrogens is 515 g/mol. The van der Waals surface area contributed by atoms with E-state index in [1.807, 2.05) is 12.1 Å². The van der Waals surface area contributed by atoms with Crippen molar-refractivity contribution in [2.24, 2.45) is 4.36 Å². The maximum absolute atomic E-state index is 13.8. The maximum Gasteiger partial charge on any atom is 0.356 e. The lowest BCUT2D eigenvalue weighted by Gasteiger charge is -2.12. The van der Waals surface area contributed by atoms with Crippen molar-refractivity contribution < 1.29 is 13.9 Å². The number of carbonyl (C=O) groups excluding carboxylic acids is 1. The molecule has 0 bridgehead atoms. The molecule has 10 heteroatoms. The van der Waals surface area contributed by atoms with Crippen LogP contribution in [0.25, 0.3) is 0 Å². The Morgan fingerprint density at radius 2 is 1.72 bits per heavy atom. The highest BCUT2D eigenvalue weighted by Crippen LogP contribution is 2.24. The van der Waals surface area contributed by atoms with Crippen molar-refractivity contribution in [2.75, 3.05) is 23.8 Å². The number of urea groups is 1. The standard InChI is InChI=1S/C22H26BrFN4O2S2/c23-16-11-12-18(17(24)15-16)27-22(31)25-13-7-3-1-2-4-8-14-30-20-10-6-5-9-19(20)26-21(29)28-32/h5-6,9-12,15H,1-4,7-8,13-14H2,(H,26,29)(H2,25,27,31). The van der Waals surface area contributed by atoms with E-state index in [9.17, 15) is 9.18 Å². The lowest BCUT2D eigenvalue weighted by Crippen LogP contribution is -2.29. The van der Waals surface area contributed by atoms with Gasteiger partial charge in [-0.25, -0.2) is 9.18 Å². The number of para-hydroxylation sites is 2. The molecule has 0 atom stereocenters. The second-order valence-corrected chi connectivity index (χ2v) is 8.50. The number of rotatable bonds is 12. The smallest absolute Gasteiger partial charge is 0.356 e. The van der Waals surface area contributed by atoms with Gasteiger partial charge in [-0.2, -0.15) is 0 Å². The normalized spacial score (nSPS) is 10.3. The Labute approximate surface area is 207 Å². The van der Waals surface area contributed by atoms with E-state index in [2.05, 4.69) is 48.7 Å². The maximum atomic E-state index is 13.8. The average Bonchev–Trinajstić information content (AvgIpc) is 2.78. The van der Waals surface area contributed by atoms with Crippen molar-refractivity contribution in [3.8, 4) is 5.75 Å². The van der Waals surface area contributed by atoms with Crippen LogP contribution in [0.4, 0.5) is 20.6 Å². The zero-order chi connectivity index (χ0) is 23.2. The molecule has 2 rings (SSSR count). The van der Waals surface area contributed by atoms with Crippen molar-refractivity contribution in [2.45, 2.75) is 38.5 Å². The van der Waals surface area contributed by atoms with Crippen LogP contribution in [-0.4, -0.2) is 24.3 Å². The van der Waals surface area contributed by atoms with Crippen LogP contribution in [0.2, 0.25) is 0 Å². The molecule has 2 aromatic carbocycles. The molecule has 0 saturated heterocycles. The predicted molar refractivity (Wildman–Crippen MR) is 137 cm³/mol. The third-order valence-corrected chi connectivity index (χ3v) is 5.41. The Kier molecular flexibility index (Phi) is 12.1. The number of ether oxygens (including phenoxy) is 1. The number of hydrogen-bond acceptors (Lipinski definition) is 4. The molecule has 3 N–H and O–H groups in total. The number of hydrogen-bond donors (Lipinski definition) is 3. The Balaban J connectivity index is 1.50. The van der Waals surface area contributed by atoms with Crippen LogP contribution in [-0.2, 0) is 12.4 Å². The number of carbonyl (C=O) groups is 1. The minimum atomic E-state index is -0.581. The summed E-state index contributed by atoms with van der Waals surface area (Å²) in [6.45, 7) is 1.32. The minimum Gasteiger partial charge on any atom is -0.491 e. The van der Waals surface area contributed by atoms with E-state index < -0.39 is 6.03 Å². The molecule has 0 aliphatic heterocycles. The molecule has 6 nitrogen and oxygen atoms in total. The summed E-state index contributed by atoms with van der Waals surface area (Å²) in [5.41, 5.74) is 0.919. The van der Waals surface area contributed by atoms with E-state index in [1.54, 1.807) is 24.3 Å². The van der Waals surface area contributed by atoms with Crippen LogP contribution < -0.4 is 20.7 Å². The fraction of sp³-hybridized carbons (Fsp3) is 0.364. The van der Waals surface area contributed by atoms with Crippen molar-refractivity contribution in [1.82, 2.24) is 5.32 Å². The third-order valence-electron chi connectivity index (χ3n) is 4.51. The van der Waals surface area contributed by atoms with Gasteiger partial charge in [0.2, 0.25) is 0 Å². The second-order valence-electron chi connectivity index (χ2n) is 6.99. The van der Waals surface area contributed by atoms with Gasteiger partial charge < -0.3 is 20.7 Å². The van der Waals surface area contributed by atoms with Crippen molar-refractivity contribution >= 4 is 63.1 Å². The molecule has 0 spiro atoms. The zero-order valence-electron chi connectivity index (χ0n) is 17.5. The first kappa shape index (κ1) is 26.1. The highest BCUT2D eigenvalue weighted by Gasteiger charge is 2.06. The summed E-state index contributed by atoms with van der Waals surface area (Å²) in [6, 6.07) is 11.4.